The number of aromatic amines is 1. The Labute approximate surface area is 109 Å². The predicted octanol–water partition coefficient (Wildman–Crippen LogP) is 2.05. The van der Waals surface area contributed by atoms with Crippen LogP contribution in [-0.2, 0) is 11.3 Å². The topological polar surface area (TPSA) is 41.1 Å². The number of H-pyrrole nitrogens is 1. The summed E-state index contributed by atoms with van der Waals surface area (Å²) in [7, 11) is 0. The summed E-state index contributed by atoms with van der Waals surface area (Å²) in [6, 6.07) is 0. The van der Waals surface area contributed by atoms with Crippen LogP contribution in [0.25, 0.3) is 0 Å². The molecule has 1 N–H and O–H groups in total. The molecule has 0 unspecified atom stereocenters. The standard InChI is InChI=1S/C14H23N3O/c1-11(2)12-5-14(18-8-12)3-4-17(9-14)7-13-6-15-10-16-13/h6,10-12H,3-5,7-9H2,1-2H3,(H,15,16)/t12-,14+/m0/s1. The van der Waals surface area contributed by atoms with E-state index >= 15 is 0 Å². The zero-order chi connectivity index (χ0) is 12.6. The van der Waals surface area contributed by atoms with Gasteiger partial charge in [-0.05, 0) is 24.7 Å². The van der Waals surface area contributed by atoms with Crippen LogP contribution in [0.3, 0.4) is 0 Å². The monoisotopic (exact) mass is 249 g/mol. The van der Waals surface area contributed by atoms with Gasteiger partial charge in [-0.1, -0.05) is 13.8 Å². The lowest BCUT2D eigenvalue weighted by atomic mass is 9.87. The molecule has 4 nitrogen and oxygen atoms in total. The summed E-state index contributed by atoms with van der Waals surface area (Å²) in [5.74, 6) is 1.49. The molecule has 1 aromatic rings. The fourth-order valence-electron chi connectivity index (χ4n) is 3.27. The van der Waals surface area contributed by atoms with E-state index in [-0.39, 0.29) is 5.60 Å². The number of ether oxygens (including phenoxy) is 1. The van der Waals surface area contributed by atoms with Crippen molar-refractivity contribution in [1.82, 2.24) is 14.9 Å². The molecular weight excluding hydrogens is 226 g/mol. The summed E-state index contributed by atoms with van der Waals surface area (Å²) < 4.78 is 6.16. The van der Waals surface area contributed by atoms with E-state index < -0.39 is 0 Å². The van der Waals surface area contributed by atoms with Gasteiger partial charge >= 0.3 is 0 Å². The van der Waals surface area contributed by atoms with Crippen LogP contribution in [0, 0.1) is 11.8 Å². The summed E-state index contributed by atoms with van der Waals surface area (Å²) >= 11 is 0. The molecule has 2 aliphatic heterocycles. The van der Waals surface area contributed by atoms with Crippen molar-refractivity contribution in [2.24, 2.45) is 11.8 Å². The third kappa shape index (κ3) is 2.31. The molecule has 2 fully saturated rings. The Kier molecular flexibility index (Phi) is 3.16. The van der Waals surface area contributed by atoms with Crippen molar-refractivity contribution in [3.63, 3.8) is 0 Å². The molecule has 0 aromatic carbocycles. The zero-order valence-electron chi connectivity index (χ0n) is 11.4. The Hall–Kier alpha value is -0.870. The summed E-state index contributed by atoms with van der Waals surface area (Å²) in [5.41, 5.74) is 1.35. The minimum Gasteiger partial charge on any atom is -0.373 e. The minimum absolute atomic E-state index is 0.148. The van der Waals surface area contributed by atoms with Gasteiger partial charge < -0.3 is 9.72 Å². The molecule has 3 rings (SSSR count). The van der Waals surface area contributed by atoms with E-state index in [1.54, 1.807) is 6.33 Å². The first-order chi connectivity index (χ1) is 8.67. The van der Waals surface area contributed by atoms with Crippen LogP contribution in [0.1, 0.15) is 32.4 Å². The van der Waals surface area contributed by atoms with E-state index in [1.165, 1.54) is 18.5 Å². The molecule has 2 saturated heterocycles. The van der Waals surface area contributed by atoms with Crippen LogP contribution in [0.15, 0.2) is 12.5 Å². The second-order valence-electron chi connectivity index (χ2n) is 6.24. The maximum atomic E-state index is 6.16. The first-order valence-corrected chi connectivity index (χ1v) is 7.00. The molecule has 0 saturated carbocycles. The van der Waals surface area contributed by atoms with Crippen LogP contribution >= 0.6 is 0 Å². The highest BCUT2D eigenvalue weighted by molar-refractivity contribution is 5.01. The zero-order valence-corrected chi connectivity index (χ0v) is 11.4. The van der Waals surface area contributed by atoms with Crippen LogP contribution in [0.4, 0.5) is 0 Å². The maximum absolute atomic E-state index is 6.16. The Morgan fingerprint density at radius 1 is 1.61 bits per heavy atom. The lowest BCUT2D eigenvalue weighted by Crippen LogP contribution is -2.32. The highest BCUT2D eigenvalue weighted by atomic mass is 16.5. The van der Waals surface area contributed by atoms with Crippen molar-refractivity contribution in [3.8, 4) is 0 Å². The fraction of sp³-hybridized carbons (Fsp3) is 0.786. The first-order valence-electron chi connectivity index (χ1n) is 7.00. The molecule has 4 heteroatoms. The summed E-state index contributed by atoms with van der Waals surface area (Å²) in [6.07, 6.45) is 6.09. The van der Waals surface area contributed by atoms with Crippen molar-refractivity contribution in [1.29, 1.82) is 0 Å². The van der Waals surface area contributed by atoms with Gasteiger partial charge in [0.25, 0.3) is 0 Å². The van der Waals surface area contributed by atoms with Gasteiger partial charge in [-0.2, -0.15) is 0 Å². The Morgan fingerprint density at radius 3 is 3.17 bits per heavy atom. The SMILES string of the molecule is CC(C)[C@@H]1CO[C@]2(CCN(Cc3cnc[nH]3)C2)C1. The van der Waals surface area contributed by atoms with E-state index in [0.29, 0.717) is 0 Å². The number of nitrogens with zero attached hydrogens (tertiary/aromatic N) is 2. The van der Waals surface area contributed by atoms with Crippen molar-refractivity contribution < 1.29 is 4.74 Å². The molecular formula is C14H23N3O. The molecule has 0 amide bonds. The molecule has 100 valence electrons. The van der Waals surface area contributed by atoms with Crippen molar-refractivity contribution in [2.45, 2.75) is 38.8 Å². The Balaban J connectivity index is 1.58. The molecule has 1 spiro atoms. The largest absolute Gasteiger partial charge is 0.373 e. The normalized spacial score (nSPS) is 32.9. The van der Waals surface area contributed by atoms with Crippen LogP contribution in [0.2, 0.25) is 0 Å². The van der Waals surface area contributed by atoms with Crippen LogP contribution in [-0.4, -0.2) is 40.2 Å². The van der Waals surface area contributed by atoms with Crippen molar-refractivity contribution >= 4 is 0 Å². The molecule has 3 heterocycles. The predicted molar refractivity (Wildman–Crippen MR) is 70.1 cm³/mol. The van der Waals surface area contributed by atoms with Crippen molar-refractivity contribution in [2.75, 3.05) is 19.7 Å². The number of imidazole rings is 1. The average molecular weight is 249 g/mol. The number of hydrogen-bond donors (Lipinski definition) is 1. The van der Waals surface area contributed by atoms with Gasteiger partial charge in [-0.15, -0.1) is 0 Å². The maximum Gasteiger partial charge on any atom is 0.0922 e. The molecule has 0 bridgehead atoms. The third-order valence-electron chi connectivity index (χ3n) is 4.52. The van der Waals surface area contributed by atoms with Gasteiger partial charge in [-0.25, -0.2) is 4.98 Å². The van der Waals surface area contributed by atoms with Gasteiger partial charge in [0.1, 0.15) is 0 Å². The number of likely N-dealkylation sites (tertiary alicyclic amines) is 1. The van der Waals surface area contributed by atoms with Gasteiger partial charge in [0, 0.05) is 31.5 Å². The summed E-state index contributed by atoms with van der Waals surface area (Å²) in [5, 5.41) is 0. The highest BCUT2D eigenvalue weighted by Gasteiger charge is 2.45. The summed E-state index contributed by atoms with van der Waals surface area (Å²) in [4.78, 5) is 9.73. The van der Waals surface area contributed by atoms with Gasteiger partial charge in [0.05, 0.1) is 18.5 Å². The molecule has 0 aliphatic carbocycles. The highest BCUT2D eigenvalue weighted by Crippen LogP contribution is 2.40. The van der Waals surface area contributed by atoms with E-state index in [0.717, 1.165) is 38.1 Å². The second-order valence-corrected chi connectivity index (χ2v) is 6.24. The summed E-state index contributed by atoms with van der Waals surface area (Å²) in [6.45, 7) is 8.76. The number of nitrogens with one attached hydrogen (secondary N) is 1. The van der Waals surface area contributed by atoms with Crippen LogP contribution in [0.5, 0.6) is 0 Å². The molecule has 18 heavy (non-hydrogen) atoms. The Bertz CT molecular complexity index is 390. The smallest absolute Gasteiger partial charge is 0.0922 e. The van der Waals surface area contributed by atoms with Gasteiger partial charge in [0.2, 0.25) is 0 Å². The molecule has 1 aromatic heterocycles. The van der Waals surface area contributed by atoms with E-state index in [4.69, 9.17) is 4.74 Å². The van der Waals surface area contributed by atoms with Gasteiger partial charge in [0.15, 0.2) is 0 Å². The number of hydrogen-bond acceptors (Lipinski definition) is 3. The third-order valence-corrected chi connectivity index (χ3v) is 4.52. The minimum atomic E-state index is 0.148. The average Bonchev–Trinajstić information content (AvgIpc) is 3.03. The first kappa shape index (κ1) is 12.2. The van der Waals surface area contributed by atoms with Gasteiger partial charge in [-0.3, -0.25) is 4.90 Å². The molecule has 0 radical (unpaired) electrons. The molecule has 2 aliphatic rings. The molecule has 2 atom stereocenters. The quantitative estimate of drug-likeness (QED) is 0.891. The number of rotatable bonds is 3. The van der Waals surface area contributed by atoms with Crippen molar-refractivity contribution in [3.05, 3.63) is 18.2 Å². The lowest BCUT2D eigenvalue weighted by molar-refractivity contribution is 0.0105. The van der Waals surface area contributed by atoms with E-state index in [1.807, 2.05) is 6.20 Å². The van der Waals surface area contributed by atoms with E-state index in [9.17, 15) is 0 Å². The van der Waals surface area contributed by atoms with Crippen LogP contribution < -0.4 is 0 Å². The fourth-order valence-corrected chi connectivity index (χ4v) is 3.27. The van der Waals surface area contributed by atoms with E-state index in [2.05, 4.69) is 28.7 Å². The lowest BCUT2D eigenvalue weighted by Gasteiger charge is -2.23. The number of aromatic nitrogens is 2. The Morgan fingerprint density at radius 2 is 2.50 bits per heavy atom. The second kappa shape index (κ2) is 4.67.